The molecular formula is C25H25F2NO3S. The summed E-state index contributed by atoms with van der Waals surface area (Å²) in [6.07, 6.45) is 3.10. The molecular weight excluding hydrogens is 432 g/mol. The molecule has 168 valence electrons. The van der Waals surface area contributed by atoms with Crippen LogP contribution in [-0.4, -0.2) is 16.3 Å². The maximum Gasteiger partial charge on any atom is 0.290 e. The Morgan fingerprint density at radius 1 is 1.03 bits per heavy atom. The van der Waals surface area contributed by atoms with Gasteiger partial charge < -0.3 is 5.11 Å². The van der Waals surface area contributed by atoms with E-state index < -0.39 is 28.5 Å². The molecule has 0 radical (unpaired) electrons. The third-order valence-corrected chi connectivity index (χ3v) is 7.42. The van der Waals surface area contributed by atoms with E-state index in [1.54, 1.807) is 0 Å². The molecule has 2 N–H and O–H groups in total. The van der Waals surface area contributed by atoms with E-state index >= 15 is 4.39 Å². The molecule has 2 amide bonds. The van der Waals surface area contributed by atoms with Gasteiger partial charge in [0.1, 0.15) is 5.82 Å². The van der Waals surface area contributed by atoms with Crippen LogP contribution in [0.5, 0.6) is 5.75 Å². The van der Waals surface area contributed by atoms with E-state index in [0.717, 1.165) is 36.1 Å². The summed E-state index contributed by atoms with van der Waals surface area (Å²) in [5.41, 5.74) is 2.69. The third-order valence-electron chi connectivity index (χ3n) is 6.61. The van der Waals surface area contributed by atoms with Crippen LogP contribution in [0.3, 0.4) is 0 Å². The summed E-state index contributed by atoms with van der Waals surface area (Å²) in [6, 6.07) is 4.70. The molecule has 1 heterocycles. The van der Waals surface area contributed by atoms with E-state index in [1.165, 1.54) is 5.56 Å². The second-order valence-corrected chi connectivity index (χ2v) is 10.8. The molecule has 1 saturated heterocycles. The van der Waals surface area contributed by atoms with Crippen LogP contribution in [0.2, 0.25) is 0 Å². The number of fused-ring (bicyclic) bond motifs is 1. The van der Waals surface area contributed by atoms with Crippen LogP contribution in [-0.2, 0) is 15.6 Å². The monoisotopic (exact) mass is 457 g/mol. The molecule has 1 fully saturated rings. The fourth-order valence-electron chi connectivity index (χ4n) is 4.54. The second-order valence-electron chi connectivity index (χ2n) is 9.82. The first-order chi connectivity index (χ1) is 14.8. The number of phenols is 1. The van der Waals surface area contributed by atoms with Crippen LogP contribution in [0, 0.1) is 18.6 Å². The number of amides is 2. The number of imide groups is 1. The van der Waals surface area contributed by atoms with Crippen molar-refractivity contribution in [3.8, 4) is 16.9 Å². The molecule has 2 aromatic carbocycles. The fraction of sp³-hybridized carbons (Fsp3) is 0.360. The van der Waals surface area contributed by atoms with Gasteiger partial charge in [-0.2, -0.15) is 0 Å². The van der Waals surface area contributed by atoms with Crippen molar-refractivity contribution >= 4 is 29.0 Å². The Balaban J connectivity index is 1.95. The number of hydrogen-bond acceptors (Lipinski definition) is 4. The van der Waals surface area contributed by atoms with Gasteiger partial charge in [-0.1, -0.05) is 33.8 Å². The molecule has 4 nitrogen and oxygen atoms in total. The molecule has 2 aromatic rings. The highest BCUT2D eigenvalue weighted by Crippen LogP contribution is 2.49. The number of hydrogen-bond donors (Lipinski definition) is 2. The minimum absolute atomic E-state index is 0.0324. The van der Waals surface area contributed by atoms with E-state index in [9.17, 15) is 19.1 Å². The largest absolute Gasteiger partial charge is 0.504 e. The maximum atomic E-state index is 15.6. The van der Waals surface area contributed by atoms with Gasteiger partial charge in [-0.3, -0.25) is 14.9 Å². The van der Waals surface area contributed by atoms with Gasteiger partial charge in [0.05, 0.1) is 10.5 Å². The molecule has 4 rings (SSSR count). The Kier molecular flexibility index (Phi) is 5.24. The maximum absolute atomic E-state index is 15.6. The summed E-state index contributed by atoms with van der Waals surface area (Å²) in [7, 11) is 0. The number of carbonyl (C=O) groups excluding carboxylic acids is 2. The van der Waals surface area contributed by atoms with Crippen molar-refractivity contribution < 1.29 is 23.5 Å². The molecule has 1 aliphatic carbocycles. The van der Waals surface area contributed by atoms with Crippen molar-refractivity contribution in [3.63, 3.8) is 0 Å². The van der Waals surface area contributed by atoms with Gasteiger partial charge in [0.2, 0.25) is 0 Å². The van der Waals surface area contributed by atoms with Gasteiger partial charge in [-0.05, 0) is 82.8 Å². The highest BCUT2D eigenvalue weighted by molar-refractivity contribution is 8.18. The van der Waals surface area contributed by atoms with Crippen LogP contribution in [0.1, 0.15) is 62.8 Å². The predicted molar refractivity (Wildman–Crippen MR) is 123 cm³/mol. The molecule has 32 heavy (non-hydrogen) atoms. The Hall–Kier alpha value is -2.67. The average molecular weight is 458 g/mol. The van der Waals surface area contributed by atoms with Crippen molar-refractivity contribution in [2.45, 2.75) is 58.3 Å². The third kappa shape index (κ3) is 3.62. The topological polar surface area (TPSA) is 66.4 Å². The summed E-state index contributed by atoms with van der Waals surface area (Å²) in [4.78, 5) is 23.3. The quantitative estimate of drug-likeness (QED) is 0.518. The van der Waals surface area contributed by atoms with E-state index in [0.29, 0.717) is 17.3 Å². The summed E-state index contributed by atoms with van der Waals surface area (Å²) in [6.45, 7) is 10.4. The molecule has 0 bridgehead atoms. The number of aryl methyl sites for hydroxylation is 1. The lowest BCUT2D eigenvalue weighted by molar-refractivity contribution is -0.115. The van der Waals surface area contributed by atoms with E-state index in [2.05, 4.69) is 33.0 Å². The molecule has 0 unspecified atom stereocenters. The normalized spacial score (nSPS) is 20.4. The number of aromatic hydroxyl groups is 1. The van der Waals surface area contributed by atoms with Crippen molar-refractivity contribution in [2.75, 3.05) is 0 Å². The molecule has 0 saturated carbocycles. The van der Waals surface area contributed by atoms with E-state index in [-0.39, 0.29) is 26.9 Å². The predicted octanol–water partition coefficient (Wildman–Crippen LogP) is 6.32. The van der Waals surface area contributed by atoms with Crippen LogP contribution in [0.4, 0.5) is 13.6 Å². The summed E-state index contributed by atoms with van der Waals surface area (Å²) >= 11 is 0.620. The van der Waals surface area contributed by atoms with Crippen LogP contribution in [0.15, 0.2) is 23.1 Å². The van der Waals surface area contributed by atoms with Gasteiger partial charge in [0, 0.05) is 5.56 Å². The van der Waals surface area contributed by atoms with Crippen molar-refractivity contribution in [2.24, 2.45) is 0 Å². The molecule has 0 aromatic heterocycles. The summed E-state index contributed by atoms with van der Waals surface area (Å²) in [5, 5.41) is 12.0. The van der Waals surface area contributed by atoms with Gasteiger partial charge >= 0.3 is 0 Å². The number of rotatable bonds is 2. The average Bonchev–Trinajstić information content (AvgIpc) is 3.01. The van der Waals surface area contributed by atoms with E-state index in [1.807, 2.05) is 19.1 Å². The van der Waals surface area contributed by atoms with Gasteiger partial charge in [0.15, 0.2) is 11.6 Å². The molecule has 0 atom stereocenters. The Morgan fingerprint density at radius 2 is 1.62 bits per heavy atom. The number of phenolic OH excluding ortho intramolecular Hbond substituents is 1. The minimum atomic E-state index is -1.00. The lowest BCUT2D eigenvalue weighted by Crippen LogP contribution is -2.34. The Bertz CT molecular complexity index is 1210. The lowest BCUT2D eigenvalue weighted by atomic mass is 9.62. The number of carbonyl (C=O) groups is 2. The van der Waals surface area contributed by atoms with E-state index in [4.69, 9.17) is 0 Å². The molecule has 7 heteroatoms. The number of nitrogens with one attached hydrogen (secondary N) is 1. The number of thioether (sulfide) groups is 1. The second kappa shape index (κ2) is 7.44. The zero-order valence-corrected chi connectivity index (χ0v) is 19.5. The van der Waals surface area contributed by atoms with Crippen molar-refractivity contribution in [3.05, 3.63) is 57.0 Å². The zero-order valence-electron chi connectivity index (χ0n) is 18.7. The SMILES string of the molecule is Cc1cc2c(cc1-c1c(O)c(F)cc(/C=C3\SC(=O)NC3=O)c1F)C(C)(C)CCC2(C)C. The highest BCUT2D eigenvalue weighted by Gasteiger charge is 2.38. The van der Waals surface area contributed by atoms with Crippen LogP contribution in [0.25, 0.3) is 17.2 Å². The molecule has 1 aliphatic heterocycles. The zero-order chi connectivity index (χ0) is 23.6. The molecule has 0 spiro atoms. The smallest absolute Gasteiger partial charge is 0.290 e. The first kappa shape index (κ1) is 22.5. The summed E-state index contributed by atoms with van der Waals surface area (Å²) < 4.78 is 30.3. The summed E-state index contributed by atoms with van der Waals surface area (Å²) in [5.74, 6) is -3.29. The minimum Gasteiger partial charge on any atom is -0.504 e. The first-order valence-electron chi connectivity index (χ1n) is 10.4. The number of benzene rings is 2. The van der Waals surface area contributed by atoms with Gasteiger partial charge in [-0.15, -0.1) is 0 Å². The standard InChI is InChI=1S/C25H25F2NO3S/c1-12-8-15-16(25(4,5)7-6-24(15,2)3)11-14(12)19-20(27)13(9-17(26)21(19)29)10-18-22(30)28-23(31)32-18/h8-11,29H,6-7H2,1-5H3,(H,28,30,31)/b18-10-. The first-order valence-corrected chi connectivity index (χ1v) is 11.3. The Morgan fingerprint density at radius 3 is 2.19 bits per heavy atom. The van der Waals surface area contributed by atoms with Crippen LogP contribution >= 0.6 is 11.8 Å². The Labute approximate surface area is 190 Å². The van der Waals surface area contributed by atoms with Crippen molar-refractivity contribution in [1.82, 2.24) is 5.32 Å². The number of halogens is 2. The van der Waals surface area contributed by atoms with Crippen LogP contribution < -0.4 is 5.32 Å². The fourth-order valence-corrected chi connectivity index (χ4v) is 5.21. The van der Waals surface area contributed by atoms with Crippen molar-refractivity contribution in [1.29, 1.82) is 0 Å². The highest BCUT2D eigenvalue weighted by atomic mass is 32.2. The molecule has 2 aliphatic rings. The van der Waals surface area contributed by atoms with Gasteiger partial charge in [-0.25, -0.2) is 8.78 Å². The lowest BCUT2D eigenvalue weighted by Gasteiger charge is -2.42. The van der Waals surface area contributed by atoms with Gasteiger partial charge in [0.25, 0.3) is 11.1 Å².